The average Bonchev–Trinajstić information content (AvgIpc) is 2.32. The lowest BCUT2D eigenvalue weighted by Crippen LogP contribution is -2.25. The molecule has 0 radical (unpaired) electrons. The number of rotatable bonds is 3. The molecule has 0 bridgehead atoms. The smallest absolute Gasteiger partial charge is 0.304 e. The Balaban J connectivity index is 2.52. The fourth-order valence-electron chi connectivity index (χ4n) is 2.62. The first-order valence-corrected chi connectivity index (χ1v) is 6.45. The van der Waals surface area contributed by atoms with Crippen LogP contribution in [0.2, 0.25) is 0 Å². The number of ether oxygens (including phenoxy) is 2. The lowest BCUT2D eigenvalue weighted by Gasteiger charge is -2.29. The summed E-state index contributed by atoms with van der Waals surface area (Å²) in [6.45, 7) is 8.98. The van der Waals surface area contributed by atoms with Crippen LogP contribution >= 0.6 is 0 Å². The van der Waals surface area contributed by atoms with E-state index in [2.05, 4.69) is 0 Å². The van der Waals surface area contributed by atoms with E-state index in [1.165, 1.54) is 0 Å². The molecule has 0 aromatic heterocycles. The van der Waals surface area contributed by atoms with Crippen LogP contribution in [0.5, 0.6) is 11.5 Å². The molecular formula is C15H20O4. The second kappa shape index (κ2) is 4.76. The van der Waals surface area contributed by atoms with Gasteiger partial charge in [0.15, 0.2) is 11.5 Å². The van der Waals surface area contributed by atoms with E-state index in [1.807, 2.05) is 33.8 Å². The number of hydrogen-bond acceptors (Lipinski definition) is 3. The van der Waals surface area contributed by atoms with E-state index >= 15 is 0 Å². The number of hydrogen-bond donors (Lipinski definition) is 1. The second-order valence-electron chi connectivity index (χ2n) is 5.65. The molecule has 1 aromatic rings. The molecule has 0 saturated carbocycles. The number of carboxylic acid groups (broad SMARTS) is 1. The Bertz CT molecular complexity index is 517. The molecule has 19 heavy (non-hydrogen) atoms. The molecule has 4 heteroatoms. The van der Waals surface area contributed by atoms with Gasteiger partial charge >= 0.3 is 5.97 Å². The van der Waals surface area contributed by atoms with Gasteiger partial charge in [0, 0.05) is 5.41 Å². The lowest BCUT2D eigenvalue weighted by molar-refractivity contribution is -0.138. The first kappa shape index (κ1) is 13.7. The topological polar surface area (TPSA) is 55.8 Å². The molecule has 1 aliphatic heterocycles. The third kappa shape index (κ3) is 2.53. The van der Waals surface area contributed by atoms with E-state index in [9.17, 15) is 4.79 Å². The molecule has 0 atom stereocenters. The largest absolute Gasteiger partial charge is 0.486 e. The van der Waals surface area contributed by atoms with Crippen molar-refractivity contribution in [2.24, 2.45) is 0 Å². The molecule has 1 heterocycles. The summed E-state index contributed by atoms with van der Waals surface area (Å²) in [4.78, 5) is 11.0. The number of aliphatic carboxylic acids is 1. The van der Waals surface area contributed by atoms with Crippen LogP contribution in [0, 0.1) is 13.8 Å². The third-order valence-corrected chi connectivity index (χ3v) is 3.72. The van der Waals surface area contributed by atoms with Crippen molar-refractivity contribution >= 4 is 5.97 Å². The molecule has 0 unspecified atom stereocenters. The maximum absolute atomic E-state index is 11.0. The monoisotopic (exact) mass is 264 g/mol. The molecule has 104 valence electrons. The average molecular weight is 264 g/mol. The maximum Gasteiger partial charge on any atom is 0.304 e. The van der Waals surface area contributed by atoms with E-state index in [4.69, 9.17) is 14.6 Å². The molecule has 1 N–H and O–H groups in total. The number of benzene rings is 1. The van der Waals surface area contributed by atoms with Crippen LogP contribution in [0.3, 0.4) is 0 Å². The number of carbonyl (C=O) groups is 1. The van der Waals surface area contributed by atoms with Gasteiger partial charge in [-0.15, -0.1) is 0 Å². The van der Waals surface area contributed by atoms with Gasteiger partial charge in [-0.2, -0.15) is 0 Å². The molecule has 0 saturated heterocycles. The molecule has 0 spiro atoms. The van der Waals surface area contributed by atoms with E-state index in [0.29, 0.717) is 13.2 Å². The third-order valence-electron chi connectivity index (χ3n) is 3.72. The summed E-state index contributed by atoms with van der Waals surface area (Å²) in [6.07, 6.45) is 0.0902. The van der Waals surface area contributed by atoms with Crippen LogP contribution in [0.15, 0.2) is 6.07 Å². The maximum atomic E-state index is 11.0. The zero-order valence-electron chi connectivity index (χ0n) is 11.9. The van der Waals surface area contributed by atoms with Crippen LogP contribution in [0.25, 0.3) is 0 Å². The lowest BCUT2D eigenvalue weighted by atomic mass is 9.78. The van der Waals surface area contributed by atoms with Gasteiger partial charge in [0.05, 0.1) is 6.42 Å². The fourth-order valence-corrected chi connectivity index (χ4v) is 2.62. The van der Waals surface area contributed by atoms with Crippen LogP contribution < -0.4 is 9.47 Å². The van der Waals surface area contributed by atoms with Gasteiger partial charge < -0.3 is 14.6 Å². The van der Waals surface area contributed by atoms with Gasteiger partial charge in [-0.25, -0.2) is 0 Å². The minimum atomic E-state index is -0.794. The normalized spacial score (nSPS) is 14.3. The first-order chi connectivity index (χ1) is 8.83. The van der Waals surface area contributed by atoms with Crippen molar-refractivity contribution in [2.45, 2.75) is 39.5 Å². The standard InChI is InChI=1S/C15H20O4/c1-9-10(2)14-12(18-5-6-19-14)7-11(9)15(3,4)8-13(16)17/h7H,5-6,8H2,1-4H3,(H,16,17). The van der Waals surface area contributed by atoms with Gasteiger partial charge in [-0.1, -0.05) is 13.8 Å². The SMILES string of the molecule is Cc1c(C(C)(C)CC(=O)O)cc2c(c1C)OCCO2. The van der Waals surface area contributed by atoms with Crippen molar-refractivity contribution < 1.29 is 19.4 Å². The van der Waals surface area contributed by atoms with Crippen LogP contribution in [-0.2, 0) is 10.2 Å². The minimum Gasteiger partial charge on any atom is -0.486 e. The summed E-state index contributed by atoms with van der Waals surface area (Å²) < 4.78 is 11.3. The summed E-state index contributed by atoms with van der Waals surface area (Å²) in [5.74, 6) is 0.721. The summed E-state index contributed by atoms with van der Waals surface area (Å²) in [7, 11) is 0. The van der Waals surface area contributed by atoms with Gasteiger partial charge in [0.25, 0.3) is 0 Å². The Labute approximate surface area is 113 Å². The van der Waals surface area contributed by atoms with Crippen LogP contribution in [0.4, 0.5) is 0 Å². The Morgan fingerprint density at radius 3 is 2.53 bits per heavy atom. The summed E-state index contributed by atoms with van der Waals surface area (Å²) in [5.41, 5.74) is 2.69. The summed E-state index contributed by atoms with van der Waals surface area (Å²) in [6, 6.07) is 1.93. The summed E-state index contributed by atoms with van der Waals surface area (Å²) in [5, 5.41) is 9.05. The Morgan fingerprint density at radius 2 is 1.89 bits per heavy atom. The van der Waals surface area contributed by atoms with E-state index in [1.54, 1.807) is 0 Å². The van der Waals surface area contributed by atoms with Gasteiger partial charge in [-0.05, 0) is 36.6 Å². The highest BCUT2D eigenvalue weighted by Crippen LogP contribution is 2.42. The van der Waals surface area contributed by atoms with E-state index in [0.717, 1.165) is 28.2 Å². The summed E-state index contributed by atoms with van der Waals surface area (Å²) >= 11 is 0. The fraction of sp³-hybridized carbons (Fsp3) is 0.533. The van der Waals surface area contributed by atoms with Crippen molar-refractivity contribution in [3.05, 3.63) is 22.8 Å². The highest BCUT2D eigenvalue weighted by atomic mass is 16.6. The molecule has 0 amide bonds. The predicted molar refractivity (Wildman–Crippen MR) is 72.2 cm³/mol. The van der Waals surface area contributed by atoms with Crippen molar-refractivity contribution in [1.82, 2.24) is 0 Å². The zero-order valence-corrected chi connectivity index (χ0v) is 11.9. The highest BCUT2D eigenvalue weighted by molar-refractivity contribution is 5.69. The van der Waals surface area contributed by atoms with E-state index < -0.39 is 11.4 Å². The van der Waals surface area contributed by atoms with Crippen molar-refractivity contribution in [2.75, 3.05) is 13.2 Å². The predicted octanol–water partition coefficient (Wildman–Crippen LogP) is 2.83. The molecule has 1 aromatic carbocycles. The molecule has 2 rings (SSSR count). The van der Waals surface area contributed by atoms with Crippen molar-refractivity contribution in [3.63, 3.8) is 0 Å². The van der Waals surface area contributed by atoms with Crippen molar-refractivity contribution in [1.29, 1.82) is 0 Å². The zero-order chi connectivity index (χ0) is 14.2. The Kier molecular flexibility index (Phi) is 3.43. The van der Waals surface area contributed by atoms with Gasteiger partial charge in [0.1, 0.15) is 13.2 Å². The quantitative estimate of drug-likeness (QED) is 0.912. The molecule has 0 aliphatic carbocycles. The molecular weight excluding hydrogens is 244 g/mol. The Morgan fingerprint density at radius 1 is 1.26 bits per heavy atom. The van der Waals surface area contributed by atoms with E-state index in [-0.39, 0.29) is 6.42 Å². The van der Waals surface area contributed by atoms with Gasteiger partial charge in [-0.3, -0.25) is 4.79 Å². The van der Waals surface area contributed by atoms with Crippen LogP contribution in [-0.4, -0.2) is 24.3 Å². The molecule has 0 fully saturated rings. The van der Waals surface area contributed by atoms with Gasteiger partial charge in [0.2, 0.25) is 0 Å². The van der Waals surface area contributed by atoms with Crippen LogP contribution in [0.1, 0.15) is 37.0 Å². The minimum absolute atomic E-state index is 0.0902. The number of fused-ring (bicyclic) bond motifs is 1. The van der Waals surface area contributed by atoms with Crippen molar-refractivity contribution in [3.8, 4) is 11.5 Å². The molecule has 1 aliphatic rings. The highest BCUT2D eigenvalue weighted by Gasteiger charge is 2.29. The number of carboxylic acids is 1. The second-order valence-corrected chi connectivity index (χ2v) is 5.65. The first-order valence-electron chi connectivity index (χ1n) is 6.45. The Hall–Kier alpha value is -1.71. The molecule has 4 nitrogen and oxygen atoms in total.